The van der Waals surface area contributed by atoms with E-state index in [4.69, 9.17) is 18.6 Å². The van der Waals surface area contributed by atoms with Crippen LogP contribution >= 0.6 is 18.6 Å². The topological polar surface area (TPSA) is 28.2 Å². The van der Waals surface area contributed by atoms with Crippen LogP contribution < -0.4 is 0 Å². The molecule has 0 saturated heterocycles. The number of benzene rings is 1. The van der Waals surface area contributed by atoms with Gasteiger partial charge in [0.25, 0.3) is 0 Å². The maximum absolute atomic E-state index is 4.89. The molecule has 0 N–H and O–H groups in total. The van der Waals surface area contributed by atoms with E-state index in [1.54, 1.807) is 0 Å². The molecule has 0 aromatic heterocycles. The Morgan fingerprint density at radius 1 is 1.13 bits per heavy atom. The summed E-state index contributed by atoms with van der Waals surface area (Å²) in [7, 11) is 11.6. The Labute approximate surface area is 108 Å². The SMILES string of the molecule is C[N-]CCC[N-]c1ccccc1.[Cl][Ti][Cl]. The van der Waals surface area contributed by atoms with Gasteiger partial charge in [-0.25, -0.2) is 0 Å². The zero-order valence-electron chi connectivity index (χ0n) is 8.66. The molecule has 2 nitrogen and oxygen atoms in total. The van der Waals surface area contributed by atoms with Gasteiger partial charge in [-0.05, 0) is 0 Å². The van der Waals surface area contributed by atoms with E-state index in [1.165, 1.54) is 0 Å². The summed E-state index contributed by atoms with van der Waals surface area (Å²) in [5.41, 5.74) is 1.06. The fourth-order valence-corrected chi connectivity index (χ4v) is 0.970. The predicted molar refractivity (Wildman–Crippen MR) is 64.8 cm³/mol. The molecule has 15 heavy (non-hydrogen) atoms. The van der Waals surface area contributed by atoms with Gasteiger partial charge in [0.05, 0.1) is 0 Å². The number of para-hydroxylation sites is 1. The van der Waals surface area contributed by atoms with Gasteiger partial charge in [-0.1, -0.05) is 36.8 Å². The third kappa shape index (κ3) is 10.6. The van der Waals surface area contributed by atoms with E-state index in [0.29, 0.717) is 0 Å². The van der Waals surface area contributed by atoms with Crippen LogP contribution in [-0.2, 0) is 17.0 Å². The van der Waals surface area contributed by atoms with Gasteiger partial charge in [-0.15, -0.1) is 12.2 Å². The average Bonchev–Trinajstić information content (AvgIpc) is 2.27. The van der Waals surface area contributed by atoms with E-state index in [0.717, 1.165) is 25.2 Å². The zero-order valence-corrected chi connectivity index (χ0v) is 11.7. The number of hydrogen-bond acceptors (Lipinski definition) is 0. The maximum atomic E-state index is 4.89. The van der Waals surface area contributed by atoms with Gasteiger partial charge < -0.3 is 10.6 Å². The van der Waals surface area contributed by atoms with Crippen molar-refractivity contribution in [3.8, 4) is 0 Å². The fourth-order valence-electron chi connectivity index (χ4n) is 0.970. The number of rotatable bonds is 5. The van der Waals surface area contributed by atoms with Crippen LogP contribution in [0.15, 0.2) is 30.3 Å². The molecule has 1 rings (SSSR count). The van der Waals surface area contributed by atoms with Gasteiger partial charge in [0.2, 0.25) is 0 Å². The fraction of sp³-hybridized carbons (Fsp3) is 0.400. The molecule has 0 unspecified atom stereocenters. The van der Waals surface area contributed by atoms with Crippen LogP contribution in [0, 0.1) is 0 Å². The van der Waals surface area contributed by atoms with Crippen LogP contribution in [-0.4, -0.2) is 20.1 Å². The monoisotopic (exact) mass is 280 g/mol. The van der Waals surface area contributed by atoms with Crippen molar-refractivity contribution in [1.82, 2.24) is 0 Å². The predicted octanol–water partition coefficient (Wildman–Crippen LogP) is 4.46. The van der Waals surface area contributed by atoms with E-state index < -0.39 is 17.0 Å². The molecule has 0 fully saturated rings. The summed E-state index contributed by atoms with van der Waals surface area (Å²) in [6.45, 7) is 1.79. The number of hydrogen-bond donors (Lipinski definition) is 0. The third-order valence-electron chi connectivity index (χ3n) is 1.59. The summed E-state index contributed by atoms with van der Waals surface area (Å²) in [4.78, 5) is 0. The van der Waals surface area contributed by atoms with Crippen molar-refractivity contribution in [1.29, 1.82) is 0 Å². The van der Waals surface area contributed by atoms with Gasteiger partial charge in [0, 0.05) is 0 Å². The normalized spacial score (nSPS) is 8.73. The molecule has 0 aliphatic rings. The number of halogens is 2. The molecule has 0 saturated carbocycles. The summed E-state index contributed by atoms with van der Waals surface area (Å²) < 4.78 is 0. The van der Waals surface area contributed by atoms with Crippen LogP contribution in [0.2, 0.25) is 0 Å². The van der Waals surface area contributed by atoms with Crippen molar-refractivity contribution >= 4 is 24.3 Å². The molecule has 0 radical (unpaired) electrons. The van der Waals surface area contributed by atoms with Gasteiger partial charge in [0.15, 0.2) is 0 Å². The Hall–Kier alpha value is 0.274. The molecular weight excluding hydrogens is 267 g/mol. The standard InChI is InChI=1S/C10H14N2.2ClH.Ti/c1-11-8-5-9-12-10-6-3-2-4-7-10;;;/h2-4,6-7H,5,8-9H2,1H3;2*1H;/q-2;;;+2/p-2. The Balaban J connectivity index is 0.000000583. The van der Waals surface area contributed by atoms with Crippen LogP contribution in [0.25, 0.3) is 10.6 Å². The second kappa shape index (κ2) is 12.3. The first-order valence-electron chi connectivity index (χ1n) is 4.59. The van der Waals surface area contributed by atoms with E-state index in [-0.39, 0.29) is 0 Å². The van der Waals surface area contributed by atoms with Crippen molar-refractivity contribution in [2.45, 2.75) is 6.42 Å². The van der Waals surface area contributed by atoms with Gasteiger partial charge >= 0.3 is 35.6 Å². The molecule has 0 aliphatic carbocycles. The second-order valence-corrected chi connectivity index (χ2v) is 5.26. The van der Waals surface area contributed by atoms with Crippen molar-refractivity contribution in [2.75, 3.05) is 20.1 Å². The Morgan fingerprint density at radius 2 is 1.73 bits per heavy atom. The van der Waals surface area contributed by atoms with Crippen molar-refractivity contribution < 1.29 is 17.0 Å². The van der Waals surface area contributed by atoms with E-state index in [1.807, 2.05) is 37.4 Å². The van der Waals surface area contributed by atoms with Crippen LogP contribution in [0.4, 0.5) is 5.69 Å². The van der Waals surface area contributed by atoms with Crippen molar-refractivity contribution in [3.05, 3.63) is 41.0 Å². The van der Waals surface area contributed by atoms with Crippen LogP contribution in [0.5, 0.6) is 0 Å². The van der Waals surface area contributed by atoms with Crippen LogP contribution in [0.1, 0.15) is 6.42 Å². The third-order valence-corrected chi connectivity index (χ3v) is 1.59. The molecule has 0 bridgehead atoms. The van der Waals surface area contributed by atoms with E-state index in [9.17, 15) is 0 Å². The van der Waals surface area contributed by atoms with Crippen molar-refractivity contribution in [3.63, 3.8) is 0 Å². The molecule has 1 aromatic carbocycles. The summed E-state index contributed by atoms with van der Waals surface area (Å²) in [5.74, 6) is 0. The minimum absolute atomic E-state index is 0.556. The average molecular weight is 281 g/mol. The molecule has 84 valence electrons. The van der Waals surface area contributed by atoms with E-state index in [2.05, 4.69) is 10.6 Å². The molecule has 0 atom stereocenters. The summed E-state index contributed by atoms with van der Waals surface area (Å²) in [6.07, 6.45) is 1.05. The quantitative estimate of drug-likeness (QED) is 0.563. The Bertz CT molecular complexity index is 222. The molecule has 5 heteroatoms. The van der Waals surface area contributed by atoms with E-state index >= 15 is 0 Å². The van der Waals surface area contributed by atoms with Crippen molar-refractivity contribution in [2.24, 2.45) is 0 Å². The molecule has 1 aromatic rings. The Morgan fingerprint density at radius 3 is 2.27 bits per heavy atom. The summed E-state index contributed by atoms with van der Waals surface area (Å²) in [6, 6.07) is 10.0. The molecule has 0 heterocycles. The first kappa shape index (κ1) is 15.3. The second-order valence-electron chi connectivity index (χ2n) is 2.68. The van der Waals surface area contributed by atoms with Gasteiger partial charge in [-0.2, -0.15) is 13.6 Å². The first-order valence-corrected chi connectivity index (χ1v) is 8.89. The molecule has 0 spiro atoms. The zero-order chi connectivity index (χ0) is 11.4. The Kier molecular flexibility index (Phi) is 12.6. The molecule has 0 amide bonds. The van der Waals surface area contributed by atoms with Gasteiger partial charge in [-0.3, -0.25) is 0 Å². The number of nitrogens with zero attached hydrogens (tertiary/aromatic N) is 2. The first-order chi connectivity index (χ1) is 7.35. The molecule has 0 aliphatic heterocycles. The minimum atomic E-state index is -0.556. The summed E-state index contributed by atoms with van der Waals surface area (Å²) >= 11 is -0.556. The van der Waals surface area contributed by atoms with Crippen LogP contribution in [0.3, 0.4) is 0 Å². The summed E-state index contributed by atoms with van der Waals surface area (Å²) in [5, 5.41) is 8.39. The van der Waals surface area contributed by atoms with Gasteiger partial charge in [0.1, 0.15) is 0 Å². The molecular formula is C10H14Cl2N2Ti-2.